The number of ether oxygens (including phenoxy) is 1. The van der Waals surface area contributed by atoms with Gasteiger partial charge in [-0.15, -0.1) is 5.10 Å². The maximum atomic E-state index is 14.7. The van der Waals surface area contributed by atoms with Crippen LogP contribution in [-0.4, -0.2) is 50.1 Å². The molecular formula is C30H29ClFN7O4. The number of hydrogen-bond acceptors (Lipinski definition) is 8. The zero-order valence-electron chi connectivity index (χ0n) is 23.7. The number of fused-ring (bicyclic) bond motifs is 4. The minimum Gasteiger partial charge on any atom is -0.469 e. The number of carbonyl (C=O) groups excluding carboxylic acids is 3. The van der Waals surface area contributed by atoms with Crippen molar-refractivity contribution in [3.05, 3.63) is 82.1 Å². The Bertz CT molecular complexity index is 1710. The second-order valence-electron chi connectivity index (χ2n) is 10.4. The Morgan fingerprint density at radius 2 is 2.00 bits per heavy atom. The molecule has 0 aliphatic carbocycles. The number of methoxy groups -OCH3 is 1. The summed E-state index contributed by atoms with van der Waals surface area (Å²) in [7, 11) is 1.32. The summed E-state index contributed by atoms with van der Waals surface area (Å²) in [6.07, 6.45) is 3.24. The molecule has 0 fully saturated rings. The van der Waals surface area contributed by atoms with E-state index in [4.69, 9.17) is 16.3 Å². The fourth-order valence-electron chi connectivity index (χ4n) is 4.96. The highest BCUT2D eigenvalue weighted by molar-refractivity contribution is 6.30. The van der Waals surface area contributed by atoms with E-state index in [1.807, 2.05) is 6.92 Å². The number of rotatable bonds is 5. The van der Waals surface area contributed by atoms with E-state index in [1.54, 1.807) is 43.5 Å². The van der Waals surface area contributed by atoms with Gasteiger partial charge in [0.25, 0.3) is 5.91 Å². The highest BCUT2D eigenvalue weighted by Crippen LogP contribution is 2.33. The van der Waals surface area contributed by atoms with Gasteiger partial charge in [0, 0.05) is 22.7 Å². The molecule has 222 valence electrons. The van der Waals surface area contributed by atoms with E-state index >= 15 is 0 Å². The third-order valence-electron chi connectivity index (χ3n) is 7.41. The Hall–Kier alpha value is -4.71. The first-order valence-corrected chi connectivity index (χ1v) is 14.0. The summed E-state index contributed by atoms with van der Waals surface area (Å²) in [4.78, 5) is 38.4. The Balaban J connectivity index is 1.48. The molecule has 43 heavy (non-hydrogen) atoms. The number of aromatic nitrogens is 5. The zero-order chi connectivity index (χ0) is 30.7. The van der Waals surface area contributed by atoms with Crippen LogP contribution in [-0.2, 0) is 20.7 Å². The summed E-state index contributed by atoms with van der Waals surface area (Å²) in [6.45, 7) is 3.45. The number of anilines is 1. The van der Waals surface area contributed by atoms with Crippen LogP contribution in [0.2, 0.25) is 5.02 Å². The van der Waals surface area contributed by atoms with Crippen molar-refractivity contribution < 1.29 is 23.5 Å². The van der Waals surface area contributed by atoms with E-state index in [1.165, 1.54) is 23.9 Å². The van der Waals surface area contributed by atoms with Gasteiger partial charge in [0.2, 0.25) is 5.91 Å². The number of esters is 1. The highest BCUT2D eigenvalue weighted by atomic mass is 35.5. The quantitative estimate of drug-likeness (QED) is 0.310. The molecule has 2 amide bonds. The van der Waals surface area contributed by atoms with Crippen molar-refractivity contribution in [3.63, 3.8) is 0 Å². The molecule has 2 aromatic carbocycles. The van der Waals surface area contributed by atoms with Crippen molar-refractivity contribution >= 4 is 35.1 Å². The van der Waals surface area contributed by atoms with Crippen molar-refractivity contribution in [2.24, 2.45) is 5.92 Å². The molecule has 1 aliphatic heterocycles. The number of amides is 2. The minimum absolute atomic E-state index is 0.0193. The van der Waals surface area contributed by atoms with E-state index in [2.05, 4.69) is 31.1 Å². The van der Waals surface area contributed by atoms with E-state index in [-0.39, 0.29) is 34.6 Å². The zero-order valence-corrected chi connectivity index (χ0v) is 24.5. The number of halogens is 2. The molecule has 2 bridgehead atoms. The van der Waals surface area contributed by atoms with Crippen molar-refractivity contribution in [2.75, 3.05) is 12.4 Å². The van der Waals surface area contributed by atoms with Crippen molar-refractivity contribution in [1.29, 1.82) is 0 Å². The highest BCUT2D eigenvalue weighted by Gasteiger charge is 2.26. The first kappa shape index (κ1) is 29.8. The molecule has 2 aromatic heterocycles. The number of nitrogens with one attached hydrogen (secondary N) is 2. The summed E-state index contributed by atoms with van der Waals surface area (Å²) < 4.78 is 20.7. The lowest BCUT2D eigenvalue weighted by atomic mass is 9.95. The van der Waals surface area contributed by atoms with E-state index in [0.29, 0.717) is 53.0 Å². The van der Waals surface area contributed by atoms with Crippen LogP contribution in [0, 0.1) is 18.7 Å². The lowest BCUT2D eigenvalue weighted by Crippen LogP contribution is -2.31. The molecule has 5 rings (SSSR count). The molecule has 2 N–H and O–H groups in total. The second kappa shape index (κ2) is 12.7. The van der Waals surface area contributed by atoms with Gasteiger partial charge in [-0.25, -0.2) is 9.07 Å². The smallest absolute Gasteiger partial charge is 0.309 e. The first-order valence-electron chi connectivity index (χ1n) is 13.7. The number of carbonyl (C=O) groups is 3. The van der Waals surface area contributed by atoms with Crippen LogP contribution in [0.25, 0.3) is 16.8 Å². The molecule has 4 aromatic rings. The molecule has 11 nitrogen and oxygen atoms in total. The molecule has 3 heterocycles. The lowest BCUT2D eigenvalue weighted by molar-refractivity contribution is -0.139. The number of benzene rings is 2. The molecule has 0 radical (unpaired) electrons. The minimum atomic E-state index is -0.675. The normalized spacial score (nSPS) is 16.7. The Kier molecular flexibility index (Phi) is 8.76. The summed E-state index contributed by atoms with van der Waals surface area (Å²) in [5.74, 6) is -2.08. The monoisotopic (exact) mass is 605 g/mol. The molecule has 0 unspecified atom stereocenters. The first-order chi connectivity index (χ1) is 20.7. The molecular weight excluding hydrogens is 577 g/mol. The molecule has 13 heteroatoms. The Morgan fingerprint density at radius 1 is 1.19 bits per heavy atom. The van der Waals surface area contributed by atoms with E-state index < -0.39 is 23.7 Å². The molecule has 1 aliphatic rings. The third kappa shape index (κ3) is 6.38. The molecule has 0 saturated carbocycles. The third-order valence-corrected chi connectivity index (χ3v) is 7.70. The van der Waals surface area contributed by atoms with Gasteiger partial charge in [0.15, 0.2) is 11.5 Å². The predicted octanol–water partition coefficient (Wildman–Crippen LogP) is 4.77. The van der Waals surface area contributed by atoms with Crippen LogP contribution >= 0.6 is 11.6 Å². The van der Waals surface area contributed by atoms with E-state index in [0.717, 1.165) is 0 Å². The van der Waals surface area contributed by atoms with Gasteiger partial charge in [-0.3, -0.25) is 14.4 Å². The summed E-state index contributed by atoms with van der Waals surface area (Å²) >= 11 is 5.93. The fraction of sp³-hybridized carbons (Fsp3) is 0.300. The van der Waals surface area contributed by atoms with Crippen LogP contribution in [0.5, 0.6) is 0 Å². The Labute approximate surface area is 251 Å². The standard InChI is InChI=1S/C30H29ClFN7O4/c1-16-6-4-8-22(34-30(42)28-17(2)39(38-37-28)25-9-5-7-21(31)27(25)32)24-14-19(15-33-36-24)20-11-10-18(13-26(40)43-3)12-23(20)35-29(16)41/h5,7,9-12,14-16,22H,4,6,8,13H2,1-3H3,(H,34,42)(H,35,41)/t16-,22+/m1/s1. The van der Waals surface area contributed by atoms with Crippen molar-refractivity contribution in [1.82, 2.24) is 30.5 Å². The van der Waals surface area contributed by atoms with Gasteiger partial charge < -0.3 is 15.4 Å². The summed E-state index contributed by atoms with van der Waals surface area (Å²) in [6, 6.07) is 11.1. The van der Waals surface area contributed by atoms with Gasteiger partial charge in [-0.1, -0.05) is 48.4 Å². The fourth-order valence-corrected chi connectivity index (χ4v) is 5.13. The second-order valence-corrected chi connectivity index (χ2v) is 10.8. The lowest BCUT2D eigenvalue weighted by Gasteiger charge is -2.21. The average molecular weight is 606 g/mol. The maximum Gasteiger partial charge on any atom is 0.309 e. The number of nitrogens with zero attached hydrogens (tertiary/aromatic N) is 5. The van der Waals surface area contributed by atoms with Crippen LogP contribution < -0.4 is 10.6 Å². The largest absolute Gasteiger partial charge is 0.469 e. The summed E-state index contributed by atoms with van der Waals surface area (Å²) in [5.41, 5.74) is 3.48. The SMILES string of the molecule is COC(=O)Cc1ccc2c(c1)NC(=O)[C@H](C)CCC[C@H](NC(=O)c1nnn(-c3cccc(Cl)c3F)c1C)c1cc-2cnn1. The van der Waals surface area contributed by atoms with Crippen LogP contribution in [0.4, 0.5) is 10.1 Å². The maximum absolute atomic E-state index is 14.7. The topological polar surface area (TPSA) is 141 Å². The van der Waals surface area contributed by atoms with Gasteiger partial charge in [0.1, 0.15) is 5.69 Å². The Morgan fingerprint density at radius 3 is 2.79 bits per heavy atom. The van der Waals surface area contributed by atoms with Gasteiger partial charge in [-0.2, -0.15) is 10.2 Å². The van der Waals surface area contributed by atoms with Gasteiger partial charge >= 0.3 is 5.97 Å². The van der Waals surface area contributed by atoms with Gasteiger partial charge in [0.05, 0.1) is 42.2 Å². The predicted molar refractivity (Wildman–Crippen MR) is 156 cm³/mol. The van der Waals surface area contributed by atoms with Crippen molar-refractivity contribution in [3.8, 4) is 16.8 Å². The molecule has 0 saturated heterocycles. The van der Waals surface area contributed by atoms with E-state index in [9.17, 15) is 18.8 Å². The van der Waals surface area contributed by atoms with Crippen molar-refractivity contribution in [2.45, 2.75) is 45.6 Å². The van der Waals surface area contributed by atoms with Gasteiger partial charge in [-0.05, 0) is 49.6 Å². The average Bonchev–Trinajstić information content (AvgIpc) is 3.38. The molecule has 0 spiro atoms. The summed E-state index contributed by atoms with van der Waals surface area (Å²) in [5, 5.41) is 22.4. The van der Waals surface area contributed by atoms with Crippen LogP contribution in [0.15, 0.2) is 48.7 Å². The molecule has 2 atom stereocenters. The number of hydrogen-bond donors (Lipinski definition) is 2. The van der Waals surface area contributed by atoms with Crippen LogP contribution in [0.3, 0.4) is 0 Å². The van der Waals surface area contributed by atoms with Crippen LogP contribution in [0.1, 0.15) is 59.7 Å².